The lowest BCUT2D eigenvalue weighted by Crippen LogP contribution is -2.49. The van der Waals surface area contributed by atoms with Crippen LogP contribution < -0.4 is 10.6 Å². The number of hydrogen-bond donors (Lipinski definition) is 2. The summed E-state index contributed by atoms with van der Waals surface area (Å²) in [5.74, 6) is -4.14. The van der Waals surface area contributed by atoms with Crippen LogP contribution in [0.2, 0.25) is 0 Å². The fourth-order valence-electron chi connectivity index (χ4n) is 4.20. The Morgan fingerprint density at radius 2 is 1.97 bits per heavy atom. The van der Waals surface area contributed by atoms with Gasteiger partial charge < -0.3 is 19.8 Å². The molecule has 0 aliphatic carbocycles. The number of rotatable bonds is 5. The number of nitrogens with zero attached hydrogens (tertiary/aromatic N) is 1. The molecule has 2 aliphatic rings. The smallest absolute Gasteiger partial charge is 0.293 e. The number of ketones is 1. The predicted octanol–water partition coefficient (Wildman–Crippen LogP) is 2.61. The second-order valence-electron chi connectivity index (χ2n) is 8.16. The van der Waals surface area contributed by atoms with Crippen LogP contribution >= 0.6 is 0 Å². The molecule has 0 saturated heterocycles. The standard InChI is InChI=1S/C22H21F2N3O4S/c1-12-17(19(28)21(30)26-22(2)7-9-32(31)11-22)16-4-3-8-27(16)18(12)20(29)25-13-5-6-14(23)15(24)10-13/h5-7,9-10H,3-4,8,11H2,1-2H3,(H,25,29)(H,26,30)/t22-,32+/m0/s1. The van der Waals surface area contributed by atoms with Gasteiger partial charge in [-0.05, 0) is 61.6 Å². The average molecular weight is 461 g/mol. The summed E-state index contributed by atoms with van der Waals surface area (Å²) < 4.78 is 40.0. The van der Waals surface area contributed by atoms with E-state index in [9.17, 15) is 27.7 Å². The molecule has 0 fully saturated rings. The highest BCUT2D eigenvalue weighted by Gasteiger charge is 2.38. The van der Waals surface area contributed by atoms with Crippen LogP contribution in [0.4, 0.5) is 14.5 Å². The van der Waals surface area contributed by atoms with Crippen molar-refractivity contribution in [3.63, 3.8) is 0 Å². The van der Waals surface area contributed by atoms with Crippen LogP contribution in [0.3, 0.4) is 0 Å². The Kier molecular flexibility index (Phi) is 5.68. The summed E-state index contributed by atoms with van der Waals surface area (Å²) >= 11 is -1.21. The van der Waals surface area contributed by atoms with Gasteiger partial charge in [-0.1, -0.05) is 0 Å². The maximum atomic E-state index is 13.5. The van der Waals surface area contributed by atoms with Crippen LogP contribution in [0.5, 0.6) is 0 Å². The number of hydrogen-bond acceptors (Lipinski definition) is 4. The van der Waals surface area contributed by atoms with Gasteiger partial charge in [-0.3, -0.25) is 14.4 Å². The number of fused-ring (bicyclic) bond motifs is 1. The van der Waals surface area contributed by atoms with Gasteiger partial charge in [-0.25, -0.2) is 8.78 Å². The van der Waals surface area contributed by atoms with Crippen molar-refractivity contribution in [3.05, 3.63) is 63.8 Å². The van der Waals surface area contributed by atoms with Gasteiger partial charge in [0.25, 0.3) is 17.6 Å². The molecule has 2 aromatic rings. The van der Waals surface area contributed by atoms with Crippen LogP contribution in [0.25, 0.3) is 0 Å². The van der Waals surface area contributed by atoms with E-state index in [1.807, 2.05) is 0 Å². The molecule has 2 atom stereocenters. The Hall–Kier alpha value is -2.98. The van der Waals surface area contributed by atoms with E-state index in [1.165, 1.54) is 11.5 Å². The van der Waals surface area contributed by atoms with Gasteiger partial charge in [-0.15, -0.1) is 0 Å². The van der Waals surface area contributed by atoms with Crippen LogP contribution in [-0.2, 0) is 28.9 Å². The van der Waals surface area contributed by atoms with Crippen LogP contribution in [0.15, 0.2) is 29.7 Å². The molecule has 32 heavy (non-hydrogen) atoms. The number of benzene rings is 1. The zero-order valence-corrected chi connectivity index (χ0v) is 18.3. The molecule has 2 aliphatic heterocycles. The third kappa shape index (κ3) is 3.95. The topological polar surface area (TPSA) is 103 Å². The molecule has 7 nitrogen and oxygen atoms in total. The van der Waals surface area contributed by atoms with Gasteiger partial charge in [0.05, 0.1) is 5.56 Å². The Balaban J connectivity index is 1.62. The second kappa shape index (κ2) is 8.18. The number of aromatic nitrogens is 1. The maximum absolute atomic E-state index is 13.5. The van der Waals surface area contributed by atoms with E-state index in [1.54, 1.807) is 24.5 Å². The lowest BCUT2D eigenvalue weighted by Gasteiger charge is -2.21. The first-order valence-corrected chi connectivity index (χ1v) is 11.4. The van der Waals surface area contributed by atoms with Crippen molar-refractivity contribution in [1.29, 1.82) is 0 Å². The SMILES string of the molecule is Cc1c(C(=O)C(=O)N[C@@]2(C)C=C[S@@+]([O-])C2)c2n(c1C(=O)Nc1ccc(F)c(F)c1)CCC2. The third-order valence-electron chi connectivity index (χ3n) is 5.66. The van der Waals surface area contributed by atoms with E-state index in [2.05, 4.69) is 10.6 Å². The molecular formula is C22H21F2N3O4S. The predicted molar refractivity (Wildman–Crippen MR) is 115 cm³/mol. The molecule has 10 heteroatoms. The van der Waals surface area contributed by atoms with E-state index in [-0.39, 0.29) is 22.7 Å². The molecule has 0 bridgehead atoms. The zero-order valence-electron chi connectivity index (χ0n) is 17.5. The molecule has 0 saturated carbocycles. The Morgan fingerprint density at radius 3 is 2.62 bits per heavy atom. The van der Waals surface area contributed by atoms with Crippen molar-refractivity contribution < 1.29 is 27.7 Å². The highest BCUT2D eigenvalue weighted by atomic mass is 32.2. The second-order valence-corrected chi connectivity index (χ2v) is 9.48. The van der Waals surface area contributed by atoms with Crippen molar-refractivity contribution in [3.8, 4) is 0 Å². The summed E-state index contributed by atoms with van der Waals surface area (Å²) in [6, 6.07) is 3.01. The largest absolute Gasteiger partial charge is 0.612 e. The summed E-state index contributed by atoms with van der Waals surface area (Å²) in [6.45, 7) is 3.75. The Morgan fingerprint density at radius 1 is 1.22 bits per heavy atom. The quantitative estimate of drug-likeness (QED) is 0.406. The number of carbonyl (C=O) groups is 3. The minimum atomic E-state index is -1.21. The monoisotopic (exact) mass is 461 g/mol. The minimum absolute atomic E-state index is 0.0708. The molecule has 0 radical (unpaired) electrons. The molecule has 0 unspecified atom stereocenters. The number of Topliss-reactive ketones (excluding diaryl/α,β-unsaturated/α-hetero) is 1. The highest BCUT2D eigenvalue weighted by Crippen LogP contribution is 2.30. The number of amides is 2. The molecule has 168 valence electrons. The van der Waals surface area contributed by atoms with Gasteiger partial charge in [0.15, 0.2) is 11.6 Å². The van der Waals surface area contributed by atoms with Crippen molar-refractivity contribution in [2.75, 3.05) is 11.1 Å². The van der Waals surface area contributed by atoms with E-state index >= 15 is 0 Å². The van der Waals surface area contributed by atoms with E-state index < -0.39 is 45.9 Å². The average Bonchev–Trinajstić information content (AvgIpc) is 3.38. The minimum Gasteiger partial charge on any atom is -0.612 e. The fraction of sp³-hybridized carbons (Fsp3) is 0.318. The van der Waals surface area contributed by atoms with Gasteiger partial charge in [0, 0.05) is 24.0 Å². The van der Waals surface area contributed by atoms with Crippen molar-refractivity contribution in [2.45, 2.75) is 38.8 Å². The van der Waals surface area contributed by atoms with Crippen molar-refractivity contribution in [2.24, 2.45) is 0 Å². The molecular weight excluding hydrogens is 440 g/mol. The summed E-state index contributed by atoms with van der Waals surface area (Å²) in [4.78, 5) is 38.7. The highest BCUT2D eigenvalue weighted by molar-refractivity contribution is 7.94. The normalized spacial score (nSPS) is 21.5. The number of anilines is 1. The van der Waals surface area contributed by atoms with Crippen LogP contribution in [0, 0.1) is 18.6 Å². The first-order chi connectivity index (χ1) is 15.1. The number of nitrogens with one attached hydrogen (secondary N) is 2. The molecule has 1 aromatic heterocycles. The summed E-state index contributed by atoms with van der Waals surface area (Å²) in [6.07, 6.45) is 2.82. The number of halogens is 2. The molecule has 0 spiro atoms. The zero-order chi connectivity index (χ0) is 23.2. The summed E-state index contributed by atoms with van der Waals surface area (Å²) in [7, 11) is 0. The van der Waals surface area contributed by atoms with Gasteiger partial charge >= 0.3 is 0 Å². The van der Waals surface area contributed by atoms with Crippen molar-refractivity contribution >= 4 is 34.5 Å². The summed E-state index contributed by atoms with van der Waals surface area (Å²) in [5, 5.41) is 6.64. The molecule has 2 amide bonds. The Bertz CT molecular complexity index is 1180. The lowest BCUT2D eigenvalue weighted by molar-refractivity contribution is -0.118. The molecule has 4 rings (SSSR count). The van der Waals surface area contributed by atoms with Gasteiger partial charge in [-0.2, -0.15) is 0 Å². The van der Waals surface area contributed by atoms with Gasteiger partial charge in [0.1, 0.15) is 22.4 Å². The lowest BCUT2D eigenvalue weighted by atomic mass is 10.0. The van der Waals surface area contributed by atoms with Crippen molar-refractivity contribution in [1.82, 2.24) is 9.88 Å². The number of carbonyl (C=O) groups excluding carboxylic acids is 3. The third-order valence-corrected chi connectivity index (χ3v) is 6.99. The van der Waals surface area contributed by atoms with E-state index in [0.29, 0.717) is 30.6 Å². The maximum Gasteiger partial charge on any atom is 0.293 e. The molecule has 3 heterocycles. The van der Waals surface area contributed by atoms with E-state index in [4.69, 9.17) is 0 Å². The first kappa shape index (κ1) is 22.2. The van der Waals surface area contributed by atoms with Crippen LogP contribution in [0.1, 0.15) is 45.4 Å². The first-order valence-electron chi connectivity index (χ1n) is 10.0. The van der Waals surface area contributed by atoms with Crippen LogP contribution in [-0.4, -0.2) is 38.0 Å². The van der Waals surface area contributed by atoms with E-state index in [0.717, 1.165) is 12.1 Å². The summed E-state index contributed by atoms with van der Waals surface area (Å²) in [5.41, 5.74) is 0.487. The molecule has 1 aromatic carbocycles. The fourth-order valence-corrected chi connectivity index (χ4v) is 5.51. The molecule has 2 N–H and O–H groups in total. The van der Waals surface area contributed by atoms with Gasteiger partial charge in [0.2, 0.25) is 0 Å². The Labute approximate surface area is 186 Å².